The molecule has 0 bridgehead atoms. The van der Waals surface area contributed by atoms with E-state index in [0.29, 0.717) is 5.56 Å². The maximum atomic E-state index is 13.8. The fourth-order valence-electron chi connectivity index (χ4n) is 3.77. The number of amides is 1. The largest absolute Gasteiger partial charge is 0.455 e. The van der Waals surface area contributed by atoms with Gasteiger partial charge < -0.3 is 14.5 Å². The van der Waals surface area contributed by atoms with Gasteiger partial charge >= 0.3 is 5.97 Å². The number of hydrogen-bond acceptors (Lipinski definition) is 8. The molecule has 1 saturated heterocycles. The Labute approximate surface area is 210 Å². The third kappa shape index (κ3) is 5.35. The first-order chi connectivity index (χ1) is 16.6. The van der Waals surface area contributed by atoms with Crippen LogP contribution in [0.1, 0.15) is 40.2 Å². The molecule has 0 radical (unpaired) electrons. The molecule has 1 atom stereocenters. The number of fused-ring (bicyclic) bond motifs is 1. The Hall–Kier alpha value is -3.47. The highest BCUT2D eigenvalue weighted by atomic mass is 32.2. The molecule has 0 aliphatic carbocycles. The molecule has 11 heteroatoms. The SMILES string of the molecule is CC1=C(C(=O)OC(C)(C)C)N2C(=O)/C(=C/C(C)=N\OCc3ccccc3F)C2S(=O)(=O)/C1=C/N(C)C. The number of oxime groups is 1. The summed E-state index contributed by atoms with van der Waals surface area (Å²) < 4.78 is 46.3. The lowest BCUT2D eigenvalue weighted by atomic mass is 10.0. The van der Waals surface area contributed by atoms with Gasteiger partial charge in [-0.05, 0) is 46.8 Å². The topological polar surface area (TPSA) is 106 Å². The lowest BCUT2D eigenvalue weighted by molar-refractivity contribution is -0.155. The first kappa shape index (κ1) is 27.1. The number of carbonyl (C=O) groups excluding carboxylic acids is 2. The highest BCUT2D eigenvalue weighted by Gasteiger charge is 2.58. The van der Waals surface area contributed by atoms with Crippen molar-refractivity contribution in [1.82, 2.24) is 9.80 Å². The summed E-state index contributed by atoms with van der Waals surface area (Å²) in [5, 5.41) is 2.45. The van der Waals surface area contributed by atoms with Crippen LogP contribution in [-0.4, -0.2) is 60.9 Å². The molecule has 9 nitrogen and oxygen atoms in total. The van der Waals surface area contributed by atoms with E-state index in [1.54, 1.807) is 58.0 Å². The molecule has 0 saturated carbocycles. The van der Waals surface area contributed by atoms with Crippen LogP contribution in [0.2, 0.25) is 0 Å². The van der Waals surface area contributed by atoms with Crippen LogP contribution in [0.5, 0.6) is 0 Å². The van der Waals surface area contributed by atoms with E-state index in [4.69, 9.17) is 9.57 Å². The molecule has 0 spiro atoms. The zero-order valence-corrected chi connectivity index (χ0v) is 22.1. The standard InChI is InChI=1S/C25H30FN3O6S/c1-15(27-34-14-17-10-8-9-11-19(17)26)12-18-22(30)29-21(24(31)35-25(3,4)5)16(2)20(13-28(6)7)36(32,33)23(18)29/h8-13,23H,14H2,1-7H3/b18-12-,20-13+,27-15-. The van der Waals surface area contributed by atoms with Crippen LogP contribution in [0.3, 0.4) is 0 Å². The van der Waals surface area contributed by atoms with Gasteiger partial charge in [-0.15, -0.1) is 0 Å². The van der Waals surface area contributed by atoms with Crippen molar-refractivity contribution in [3.63, 3.8) is 0 Å². The highest BCUT2D eigenvalue weighted by molar-refractivity contribution is 7.96. The van der Waals surface area contributed by atoms with Gasteiger partial charge in [-0.1, -0.05) is 23.4 Å². The molecule has 0 N–H and O–H groups in total. The minimum Gasteiger partial charge on any atom is -0.455 e. The molecule has 2 heterocycles. The molecule has 1 fully saturated rings. The first-order valence-corrected chi connectivity index (χ1v) is 12.7. The Morgan fingerprint density at radius 2 is 1.89 bits per heavy atom. The summed E-state index contributed by atoms with van der Waals surface area (Å²) in [5.41, 5.74) is -0.418. The second-order valence-electron chi connectivity index (χ2n) is 9.70. The van der Waals surface area contributed by atoms with Crippen molar-refractivity contribution in [3.8, 4) is 0 Å². The van der Waals surface area contributed by atoms with Crippen molar-refractivity contribution in [1.29, 1.82) is 0 Å². The second kappa shape index (κ2) is 9.88. The molecule has 3 rings (SSSR count). The maximum absolute atomic E-state index is 13.8. The molecule has 1 amide bonds. The summed E-state index contributed by atoms with van der Waals surface area (Å²) in [5.74, 6) is -1.90. The Balaban J connectivity index is 1.98. The van der Waals surface area contributed by atoms with E-state index in [9.17, 15) is 22.4 Å². The maximum Gasteiger partial charge on any atom is 0.355 e. The Kier molecular flexibility index (Phi) is 7.45. The van der Waals surface area contributed by atoms with Crippen LogP contribution in [0.15, 0.2) is 63.4 Å². The number of nitrogens with zero attached hydrogens (tertiary/aromatic N) is 3. The van der Waals surface area contributed by atoms with E-state index in [-0.39, 0.29) is 34.1 Å². The van der Waals surface area contributed by atoms with Crippen molar-refractivity contribution >= 4 is 27.4 Å². The van der Waals surface area contributed by atoms with E-state index in [1.807, 2.05) is 0 Å². The minimum atomic E-state index is -4.07. The van der Waals surface area contributed by atoms with E-state index < -0.39 is 38.5 Å². The number of carbonyl (C=O) groups is 2. The predicted octanol–water partition coefficient (Wildman–Crippen LogP) is 3.26. The lowest BCUT2D eigenvalue weighted by Gasteiger charge is -2.46. The van der Waals surface area contributed by atoms with Crippen molar-refractivity contribution in [2.75, 3.05) is 14.1 Å². The average Bonchev–Trinajstić information content (AvgIpc) is 2.74. The van der Waals surface area contributed by atoms with Gasteiger partial charge in [0.1, 0.15) is 23.7 Å². The number of sulfone groups is 1. The average molecular weight is 520 g/mol. The molecule has 194 valence electrons. The van der Waals surface area contributed by atoms with E-state index in [2.05, 4.69) is 5.16 Å². The van der Waals surface area contributed by atoms with Crippen LogP contribution < -0.4 is 0 Å². The van der Waals surface area contributed by atoms with Crippen LogP contribution >= 0.6 is 0 Å². The Bertz CT molecular complexity index is 1320. The molecule has 2 aliphatic rings. The third-order valence-electron chi connectivity index (χ3n) is 5.25. The number of esters is 1. The van der Waals surface area contributed by atoms with Crippen molar-refractivity contribution in [2.45, 2.75) is 52.2 Å². The Morgan fingerprint density at radius 1 is 1.25 bits per heavy atom. The zero-order chi connectivity index (χ0) is 27.0. The molecule has 1 unspecified atom stereocenters. The van der Waals surface area contributed by atoms with Crippen LogP contribution in [0.25, 0.3) is 0 Å². The zero-order valence-electron chi connectivity index (χ0n) is 21.3. The normalized spacial score (nSPS) is 21.9. The summed E-state index contributed by atoms with van der Waals surface area (Å²) >= 11 is 0. The van der Waals surface area contributed by atoms with Crippen molar-refractivity contribution in [2.24, 2.45) is 5.16 Å². The second-order valence-corrected chi connectivity index (χ2v) is 11.7. The molecule has 1 aromatic carbocycles. The van der Waals surface area contributed by atoms with Gasteiger partial charge in [0.2, 0.25) is 9.84 Å². The number of halogens is 1. The summed E-state index contributed by atoms with van der Waals surface area (Å²) in [7, 11) is -0.762. The predicted molar refractivity (Wildman–Crippen MR) is 132 cm³/mol. The van der Waals surface area contributed by atoms with Gasteiger partial charge in [0.15, 0.2) is 5.37 Å². The Morgan fingerprint density at radius 3 is 2.47 bits per heavy atom. The number of β-lactam (4-membered cyclic amide) rings is 1. The van der Waals surface area contributed by atoms with Crippen LogP contribution in [0.4, 0.5) is 4.39 Å². The minimum absolute atomic E-state index is 0.0658. The van der Waals surface area contributed by atoms with Crippen LogP contribution in [-0.2, 0) is 35.6 Å². The summed E-state index contributed by atoms with van der Waals surface area (Å²) in [4.78, 5) is 33.7. The smallest absolute Gasteiger partial charge is 0.355 e. The summed E-state index contributed by atoms with van der Waals surface area (Å²) in [6, 6.07) is 6.05. The third-order valence-corrected chi connectivity index (χ3v) is 7.33. The fraction of sp³-hybridized carbons (Fsp3) is 0.400. The molecule has 1 aromatic rings. The van der Waals surface area contributed by atoms with Crippen molar-refractivity contribution in [3.05, 3.63) is 69.7 Å². The molecule has 0 aromatic heterocycles. The number of hydrogen-bond donors (Lipinski definition) is 0. The van der Waals surface area contributed by atoms with Gasteiger partial charge in [0.05, 0.1) is 16.2 Å². The fourth-order valence-corrected chi connectivity index (χ4v) is 5.87. The van der Waals surface area contributed by atoms with Gasteiger partial charge in [-0.25, -0.2) is 17.6 Å². The number of rotatable bonds is 6. The van der Waals surface area contributed by atoms with E-state index in [1.165, 1.54) is 32.2 Å². The molecular weight excluding hydrogens is 489 g/mol. The quantitative estimate of drug-likeness (QED) is 0.187. The van der Waals surface area contributed by atoms with Gasteiger partial charge in [0, 0.05) is 31.4 Å². The number of allylic oxidation sites excluding steroid dienone is 2. The summed E-state index contributed by atoms with van der Waals surface area (Å²) in [6.45, 7) is 7.89. The molecular formula is C25H30FN3O6S. The highest BCUT2D eigenvalue weighted by Crippen LogP contribution is 2.45. The van der Waals surface area contributed by atoms with Gasteiger partial charge in [0.25, 0.3) is 5.91 Å². The lowest BCUT2D eigenvalue weighted by Crippen LogP contribution is -2.62. The number of benzene rings is 1. The van der Waals surface area contributed by atoms with E-state index in [0.717, 1.165) is 4.90 Å². The summed E-state index contributed by atoms with van der Waals surface area (Å²) in [6.07, 6.45) is 2.69. The first-order valence-electron chi connectivity index (χ1n) is 11.2. The van der Waals surface area contributed by atoms with Gasteiger partial charge in [-0.2, -0.15) is 0 Å². The number of ether oxygens (including phenoxy) is 1. The molecule has 36 heavy (non-hydrogen) atoms. The van der Waals surface area contributed by atoms with Crippen LogP contribution in [0, 0.1) is 5.82 Å². The van der Waals surface area contributed by atoms with Gasteiger partial charge in [-0.3, -0.25) is 9.69 Å². The van der Waals surface area contributed by atoms with E-state index >= 15 is 0 Å². The molecule has 2 aliphatic heterocycles. The van der Waals surface area contributed by atoms with Crippen molar-refractivity contribution < 1.29 is 32.0 Å². The monoisotopic (exact) mass is 519 g/mol.